The van der Waals surface area contributed by atoms with Crippen LogP contribution in [-0.2, 0) is 4.74 Å². The highest BCUT2D eigenvalue weighted by atomic mass is 35.5. The molecule has 0 aliphatic heterocycles. The van der Waals surface area contributed by atoms with Crippen molar-refractivity contribution in [1.29, 1.82) is 0 Å². The van der Waals surface area contributed by atoms with Gasteiger partial charge in [-0.15, -0.1) is 0 Å². The minimum Gasteiger partial charge on any atom is -0.492 e. The van der Waals surface area contributed by atoms with Crippen molar-refractivity contribution in [3.63, 3.8) is 0 Å². The van der Waals surface area contributed by atoms with Gasteiger partial charge in [0.1, 0.15) is 5.75 Å². The van der Waals surface area contributed by atoms with E-state index in [4.69, 9.17) is 26.8 Å². The predicted octanol–water partition coefficient (Wildman–Crippen LogP) is 2.78. The molecule has 1 aromatic carbocycles. The van der Waals surface area contributed by atoms with E-state index >= 15 is 0 Å². The molecule has 0 heterocycles. The van der Waals surface area contributed by atoms with Crippen LogP contribution in [0.5, 0.6) is 5.75 Å². The Morgan fingerprint density at radius 1 is 1.38 bits per heavy atom. The normalized spacial score (nSPS) is 12.5. The molecule has 16 heavy (non-hydrogen) atoms. The SMILES string of the molecule is COCCCOc1ccc([C@H](C)N)cc1Cl. The second-order valence-corrected chi connectivity index (χ2v) is 4.08. The van der Waals surface area contributed by atoms with Gasteiger partial charge < -0.3 is 15.2 Å². The first-order chi connectivity index (χ1) is 7.65. The highest BCUT2D eigenvalue weighted by molar-refractivity contribution is 6.32. The molecule has 3 nitrogen and oxygen atoms in total. The average Bonchev–Trinajstić information content (AvgIpc) is 2.26. The lowest BCUT2D eigenvalue weighted by atomic mass is 10.1. The molecule has 0 aromatic heterocycles. The predicted molar refractivity (Wildman–Crippen MR) is 66.0 cm³/mol. The number of nitrogens with two attached hydrogens (primary N) is 1. The molecule has 1 aromatic rings. The first-order valence-corrected chi connectivity index (χ1v) is 5.69. The number of hydrogen-bond donors (Lipinski definition) is 1. The molecule has 1 rings (SSSR count). The smallest absolute Gasteiger partial charge is 0.137 e. The van der Waals surface area contributed by atoms with Gasteiger partial charge in [0.25, 0.3) is 0 Å². The minimum atomic E-state index is -0.0139. The Hall–Kier alpha value is -0.770. The monoisotopic (exact) mass is 243 g/mol. The van der Waals surface area contributed by atoms with Crippen LogP contribution < -0.4 is 10.5 Å². The van der Waals surface area contributed by atoms with Gasteiger partial charge in [0.2, 0.25) is 0 Å². The molecule has 4 heteroatoms. The van der Waals surface area contributed by atoms with Crippen LogP contribution in [0.15, 0.2) is 18.2 Å². The summed E-state index contributed by atoms with van der Waals surface area (Å²) in [6.45, 7) is 3.21. The van der Waals surface area contributed by atoms with E-state index in [1.807, 2.05) is 25.1 Å². The van der Waals surface area contributed by atoms with Crippen molar-refractivity contribution in [2.45, 2.75) is 19.4 Å². The summed E-state index contributed by atoms with van der Waals surface area (Å²) in [6, 6.07) is 5.62. The number of ether oxygens (including phenoxy) is 2. The fourth-order valence-electron chi connectivity index (χ4n) is 1.30. The number of methoxy groups -OCH3 is 1. The van der Waals surface area contributed by atoms with Gasteiger partial charge in [-0.2, -0.15) is 0 Å². The van der Waals surface area contributed by atoms with Gasteiger partial charge in [0, 0.05) is 26.2 Å². The molecule has 0 saturated carbocycles. The molecule has 90 valence electrons. The van der Waals surface area contributed by atoms with Crippen LogP contribution in [0, 0.1) is 0 Å². The van der Waals surface area contributed by atoms with Gasteiger partial charge in [0.15, 0.2) is 0 Å². The van der Waals surface area contributed by atoms with Gasteiger partial charge in [-0.25, -0.2) is 0 Å². The lowest BCUT2D eigenvalue weighted by Gasteiger charge is -2.11. The maximum absolute atomic E-state index is 6.07. The second kappa shape index (κ2) is 6.74. The van der Waals surface area contributed by atoms with E-state index in [-0.39, 0.29) is 6.04 Å². The number of benzene rings is 1. The summed E-state index contributed by atoms with van der Waals surface area (Å²) in [5.41, 5.74) is 6.76. The van der Waals surface area contributed by atoms with E-state index in [2.05, 4.69) is 0 Å². The van der Waals surface area contributed by atoms with Crippen LogP contribution in [0.2, 0.25) is 5.02 Å². The number of rotatable bonds is 6. The third-order valence-electron chi connectivity index (χ3n) is 2.23. The maximum Gasteiger partial charge on any atom is 0.137 e. The number of hydrogen-bond acceptors (Lipinski definition) is 3. The summed E-state index contributed by atoms with van der Waals surface area (Å²) in [6.07, 6.45) is 0.849. The highest BCUT2D eigenvalue weighted by Gasteiger charge is 2.05. The van der Waals surface area contributed by atoms with Gasteiger partial charge >= 0.3 is 0 Å². The van der Waals surface area contributed by atoms with Crippen LogP contribution in [0.1, 0.15) is 24.9 Å². The molecule has 0 radical (unpaired) electrons. The Morgan fingerprint density at radius 3 is 2.69 bits per heavy atom. The van der Waals surface area contributed by atoms with Crippen molar-refractivity contribution in [3.8, 4) is 5.75 Å². The maximum atomic E-state index is 6.07. The van der Waals surface area contributed by atoms with E-state index in [0.717, 1.165) is 12.0 Å². The number of halogens is 1. The standard InChI is InChI=1S/C12H18ClNO2/c1-9(14)10-4-5-12(11(13)8-10)16-7-3-6-15-2/h4-5,8-9H,3,6-7,14H2,1-2H3/t9-/m0/s1. The van der Waals surface area contributed by atoms with Crippen molar-refractivity contribution >= 4 is 11.6 Å². The average molecular weight is 244 g/mol. The van der Waals surface area contributed by atoms with E-state index in [1.54, 1.807) is 7.11 Å². The molecule has 0 aliphatic carbocycles. The largest absolute Gasteiger partial charge is 0.492 e. The lowest BCUT2D eigenvalue weighted by molar-refractivity contribution is 0.172. The van der Waals surface area contributed by atoms with E-state index in [0.29, 0.717) is 24.0 Å². The zero-order chi connectivity index (χ0) is 12.0. The van der Waals surface area contributed by atoms with Crippen molar-refractivity contribution < 1.29 is 9.47 Å². The zero-order valence-corrected chi connectivity index (χ0v) is 10.5. The molecule has 0 saturated heterocycles. The summed E-state index contributed by atoms with van der Waals surface area (Å²) in [5, 5.41) is 0.604. The van der Waals surface area contributed by atoms with E-state index in [1.165, 1.54) is 0 Å². The van der Waals surface area contributed by atoms with Gasteiger partial charge in [0.05, 0.1) is 11.6 Å². The third-order valence-corrected chi connectivity index (χ3v) is 2.53. The second-order valence-electron chi connectivity index (χ2n) is 3.67. The van der Waals surface area contributed by atoms with Crippen molar-refractivity contribution in [3.05, 3.63) is 28.8 Å². The molecular weight excluding hydrogens is 226 g/mol. The molecule has 1 atom stereocenters. The molecule has 0 bridgehead atoms. The van der Waals surface area contributed by atoms with E-state index in [9.17, 15) is 0 Å². The van der Waals surface area contributed by atoms with Crippen LogP contribution in [0.3, 0.4) is 0 Å². The van der Waals surface area contributed by atoms with Crippen molar-refractivity contribution in [2.75, 3.05) is 20.3 Å². The summed E-state index contributed by atoms with van der Waals surface area (Å²) in [7, 11) is 1.67. The Labute approximate surface area is 101 Å². The van der Waals surface area contributed by atoms with Crippen LogP contribution in [-0.4, -0.2) is 20.3 Å². The highest BCUT2D eigenvalue weighted by Crippen LogP contribution is 2.27. The molecular formula is C12H18ClNO2. The van der Waals surface area contributed by atoms with Crippen molar-refractivity contribution in [1.82, 2.24) is 0 Å². The van der Waals surface area contributed by atoms with Crippen molar-refractivity contribution in [2.24, 2.45) is 5.73 Å². The molecule has 0 unspecified atom stereocenters. The topological polar surface area (TPSA) is 44.5 Å². The first kappa shape index (κ1) is 13.3. The Bertz CT molecular complexity index is 329. The van der Waals surface area contributed by atoms with Gasteiger partial charge in [-0.3, -0.25) is 0 Å². The van der Waals surface area contributed by atoms with Crippen LogP contribution in [0.25, 0.3) is 0 Å². The summed E-state index contributed by atoms with van der Waals surface area (Å²) >= 11 is 6.07. The molecule has 0 spiro atoms. The Morgan fingerprint density at radius 2 is 2.12 bits per heavy atom. The minimum absolute atomic E-state index is 0.0139. The molecule has 0 aliphatic rings. The fraction of sp³-hybridized carbons (Fsp3) is 0.500. The zero-order valence-electron chi connectivity index (χ0n) is 9.70. The summed E-state index contributed by atoms with van der Waals surface area (Å²) in [4.78, 5) is 0. The van der Waals surface area contributed by atoms with Crippen LogP contribution in [0.4, 0.5) is 0 Å². The fourth-order valence-corrected chi connectivity index (χ4v) is 1.55. The Kier molecular flexibility index (Phi) is 5.60. The molecule has 0 fully saturated rings. The molecule has 2 N–H and O–H groups in total. The lowest BCUT2D eigenvalue weighted by Crippen LogP contribution is -2.05. The first-order valence-electron chi connectivity index (χ1n) is 5.32. The summed E-state index contributed by atoms with van der Waals surface area (Å²) < 4.78 is 10.5. The Balaban J connectivity index is 2.54. The third kappa shape index (κ3) is 4.00. The van der Waals surface area contributed by atoms with E-state index < -0.39 is 0 Å². The summed E-state index contributed by atoms with van der Waals surface area (Å²) in [5.74, 6) is 0.696. The van der Waals surface area contributed by atoms with Gasteiger partial charge in [-0.1, -0.05) is 17.7 Å². The van der Waals surface area contributed by atoms with Crippen LogP contribution >= 0.6 is 11.6 Å². The molecule has 0 amide bonds. The van der Waals surface area contributed by atoms with Gasteiger partial charge in [-0.05, 0) is 24.6 Å². The quantitative estimate of drug-likeness (QED) is 0.782.